The molecule has 0 amide bonds. The number of hydrogen-bond donors (Lipinski definition) is 2. The number of carbonyl (C=O) groups is 1. The Balaban J connectivity index is 2.06. The van der Waals surface area contributed by atoms with Crippen LogP contribution < -0.4 is 10.6 Å². The van der Waals surface area contributed by atoms with Crippen molar-refractivity contribution in [2.24, 2.45) is 0 Å². The Morgan fingerprint density at radius 1 is 1.14 bits per heavy atom. The first-order chi connectivity index (χ1) is 13.1. The van der Waals surface area contributed by atoms with Crippen LogP contribution in [0.15, 0.2) is 42.5 Å². The second kappa shape index (κ2) is 9.20. The molecule has 0 radical (unpaired) electrons. The van der Waals surface area contributed by atoms with Crippen LogP contribution in [0.4, 0.5) is 5.69 Å². The van der Waals surface area contributed by atoms with Gasteiger partial charge in [-0.15, -0.1) is 0 Å². The van der Waals surface area contributed by atoms with E-state index in [0.717, 1.165) is 16.8 Å². The van der Waals surface area contributed by atoms with E-state index >= 15 is 0 Å². The van der Waals surface area contributed by atoms with Crippen molar-refractivity contribution in [1.29, 1.82) is 0 Å². The number of anilines is 1. The zero-order valence-electron chi connectivity index (χ0n) is 17.6. The maximum Gasteiger partial charge on any atom is 0.338 e. The lowest BCUT2D eigenvalue weighted by molar-refractivity contribution is 0.0525. The van der Waals surface area contributed by atoms with Crippen LogP contribution in [0.2, 0.25) is 0 Å². The second-order valence-corrected chi connectivity index (χ2v) is 8.30. The number of ether oxygens (including phenoxy) is 1. The smallest absolute Gasteiger partial charge is 0.338 e. The molecule has 1 atom stereocenters. The van der Waals surface area contributed by atoms with Gasteiger partial charge >= 0.3 is 5.97 Å². The molecule has 0 aliphatic rings. The summed E-state index contributed by atoms with van der Waals surface area (Å²) in [5, 5.41) is 7.02. The van der Waals surface area contributed by atoms with Crippen molar-refractivity contribution < 1.29 is 9.53 Å². The van der Waals surface area contributed by atoms with E-state index in [4.69, 9.17) is 17.0 Å². The highest BCUT2D eigenvalue weighted by Gasteiger charge is 2.16. The molecule has 0 fully saturated rings. The molecule has 2 aromatic rings. The number of rotatable bonds is 5. The monoisotopic (exact) mass is 398 g/mol. The zero-order valence-corrected chi connectivity index (χ0v) is 18.4. The van der Waals surface area contributed by atoms with Gasteiger partial charge < -0.3 is 15.4 Å². The first-order valence-corrected chi connectivity index (χ1v) is 9.99. The normalized spacial score (nSPS) is 12.2. The summed E-state index contributed by atoms with van der Waals surface area (Å²) in [6.07, 6.45) is 0. The van der Waals surface area contributed by atoms with Gasteiger partial charge in [-0.1, -0.05) is 51.1 Å². The number of hydrogen-bond acceptors (Lipinski definition) is 3. The average Bonchev–Trinajstić information content (AvgIpc) is 2.63. The van der Waals surface area contributed by atoms with Crippen LogP contribution in [0.1, 0.15) is 67.7 Å². The van der Waals surface area contributed by atoms with Gasteiger partial charge in [0.2, 0.25) is 0 Å². The summed E-state index contributed by atoms with van der Waals surface area (Å²) >= 11 is 5.48. The van der Waals surface area contributed by atoms with Gasteiger partial charge in [0.1, 0.15) is 0 Å². The van der Waals surface area contributed by atoms with Crippen molar-refractivity contribution in [1.82, 2.24) is 5.32 Å². The van der Waals surface area contributed by atoms with Gasteiger partial charge in [-0.2, -0.15) is 0 Å². The SMILES string of the molecule is CCOC(=O)c1cccc(NC(=S)NC(C)c2ccc(C(C)(C)C)cc2)c1C. The largest absolute Gasteiger partial charge is 0.462 e. The highest BCUT2D eigenvalue weighted by molar-refractivity contribution is 7.80. The quantitative estimate of drug-likeness (QED) is 0.513. The van der Waals surface area contributed by atoms with E-state index in [1.807, 2.05) is 19.1 Å². The fraction of sp³-hybridized carbons (Fsp3) is 0.391. The number of benzene rings is 2. The van der Waals surface area contributed by atoms with Crippen LogP contribution in [-0.2, 0) is 10.2 Å². The molecule has 1 unspecified atom stereocenters. The van der Waals surface area contributed by atoms with Gasteiger partial charge in [-0.05, 0) is 67.2 Å². The predicted octanol–water partition coefficient (Wildman–Crippen LogP) is 5.52. The second-order valence-electron chi connectivity index (χ2n) is 7.89. The average molecular weight is 399 g/mol. The van der Waals surface area contributed by atoms with Crippen molar-refractivity contribution in [3.8, 4) is 0 Å². The van der Waals surface area contributed by atoms with E-state index in [-0.39, 0.29) is 17.4 Å². The molecule has 28 heavy (non-hydrogen) atoms. The van der Waals surface area contributed by atoms with Crippen molar-refractivity contribution in [2.45, 2.75) is 53.0 Å². The molecule has 0 saturated heterocycles. The van der Waals surface area contributed by atoms with E-state index < -0.39 is 0 Å². The van der Waals surface area contributed by atoms with Crippen LogP contribution in [0, 0.1) is 6.92 Å². The zero-order chi connectivity index (χ0) is 20.9. The van der Waals surface area contributed by atoms with E-state index in [2.05, 4.69) is 62.6 Å². The van der Waals surface area contributed by atoms with E-state index in [0.29, 0.717) is 17.3 Å². The fourth-order valence-electron chi connectivity index (χ4n) is 2.91. The highest BCUT2D eigenvalue weighted by atomic mass is 32.1. The summed E-state index contributed by atoms with van der Waals surface area (Å²) in [4.78, 5) is 12.1. The molecule has 2 N–H and O–H groups in total. The number of thiocarbonyl (C=S) groups is 1. The summed E-state index contributed by atoms with van der Waals surface area (Å²) < 4.78 is 5.11. The Morgan fingerprint density at radius 2 is 1.79 bits per heavy atom. The molecular formula is C23H30N2O2S. The summed E-state index contributed by atoms with van der Waals surface area (Å²) in [7, 11) is 0. The molecule has 5 heteroatoms. The van der Waals surface area contributed by atoms with Gasteiger partial charge in [0.25, 0.3) is 0 Å². The molecule has 4 nitrogen and oxygen atoms in total. The third-order valence-corrected chi connectivity index (χ3v) is 4.92. The van der Waals surface area contributed by atoms with Crippen LogP contribution in [0.3, 0.4) is 0 Å². The first kappa shape index (κ1) is 21.9. The molecule has 2 aromatic carbocycles. The molecule has 0 aliphatic heterocycles. The Hall–Kier alpha value is -2.40. The molecule has 0 aromatic heterocycles. The third-order valence-electron chi connectivity index (χ3n) is 4.70. The van der Waals surface area contributed by atoms with Crippen LogP contribution in [0.5, 0.6) is 0 Å². The lowest BCUT2D eigenvalue weighted by atomic mass is 9.86. The molecule has 0 heterocycles. The summed E-state index contributed by atoms with van der Waals surface area (Å²) in [5.41, 5.74) is 4.74. The van der Waals surface area contributed by atoms with Gasteiger partial charge in [-0.25, -0.2) is 4.79 Å². The number of esters is 1. The van der Waals surface area contributed by atoms with E-state index in [1.165, 1.54) is 5.56 Å². The van der Waals surface area contributed by atoms with Gasteiger partial charge in [-0.3, -0.25) is 0 Å². The maximum absolute atomic E-state index is 12.1. The lowest BCUT2D eigenvalue weighted by Crippen LogP contribution is -2.31. The fourth-order valence-corrected chi connectivity index (χ4v) is 3.20. The third kappa shape index (κ3) is 5.55. The summed E-state index contributed by atoms with van der Waals surface area (Å²) in [5.74, 6) is -0.324. The van der Waals surface area contributed by atoms with Crippen LogP contribution in [0.25, 0.3) is 0 Å². The molecule has 150 valence electrons. The molecule has 0 aliphatic carbocycles. The minimum Gasteiger partial charge on any atom is -0.462 e. The van der Waals surface area contributed by atoms with Gasteiger partial charge in [0, 0.05) is 5.69 Å². The van der Waals surface area contributed by atoms with E-state index in [9.17, 15) is 4.79 Å². The van der Waals surface area contributed by atoms with Crippen molar-refractivity contribution >= 4 is 29.0 Å². The first-order valence-electron chi connectivity index (χ1n) is 9.58. The standard InChI is InChI=1S/C23H30N2O2S/c1-7-27-21(26)19-9-8-10-20(15(19)2)25-22(28)24-16(3)17-11-13-18(14-12-17)23(4,5)6/h8-14,16H,7H2,1-6H3,(H2,24,25,28). The minimum absolute atomic E-state index is 0.0579. The van der Waals surface area contributed by atoms with Gasteiger partial charge in [0.15, 0.2) is 5.11 Å². The topological polar surface area (TPSA) is 50.4 Å². The van der Waals surface area contributed by atoms with Crippen molar-refractivity contribution in [3.05, 3.63) is 64.7 Å². The Bertz CT molecular complexity index is 839. The Labute approximate surface area is 173 Å². The maximum atomic E-state index is 12.1. The molecule has 0 bridgehead atoms. The number of nitrogens with one attached hydrogen (secondary N) is 2. The van der Waals surface area contributed by atoms with Crippen molar-refractivity contribution in [3.63, 3.8) is 0 Å². The predicted molar refractivity (Wildman–Crippen MR) is 120 cm³/mol. The van der Waals surface area contributed by atoms with Gasteiger partial charge in [0.05, 0.1) is 18.2 Å². The number of carbonyl (C=O) groups excluding carboxylic acids is 1. The van der Waals surface area contributed by atoms with Crippen LogP contribution >= 0.6 is 12.2 Å². The molecule has 0 saturated carbocycles. The highest BCUT2D eigenvalue weighted by Crippen LogP contribution is 2.24. The molecule has 2 rings (SSSR count). The minimum atomic E-state index is -0.324. The lowest BCUT2D eigenvalue weighted by Gasteiger charge is -2.22. The van der Waals surface area contributed by atoms with E-state index in [1.54, 1.807) is 13.0 Å². The molecular weight excluding hydrogens is 368 g/mol. The summed E-state index contributed by atoms with van der Waals surface area (Å²) in [6, 6.07) is 14.1. The molecule has 0 spiro atoms. The van der Waals surface area contributed by atoms with Crippen molar-refractivity contribution in [2.75, 3.05) is 11.9 Å². The summed E-state index contributed by atoms with van der Waals surface area (Å²) in [6.45, 7) is 12.7. The Morgan fingerprint density at radius 3 is 2.36 bits per heavy atom. The Kier molecular flexibility index (Phi) is 7.19. The van der Waals surface area contributed by atoms with Crippen LogP contribution in [-0.4, -0.2) is 17.7 Å².